The Kier molecular flexibility index (Phi) is 7.24. The van der Waals surface area contributed by atoms with Gasteiger partial charge in [-0.05, 0) is 93.9 Å². The van der Waals surface area contributed by atoms with Crippen LogP contribution < -0.4 is 10.6 Å². The number of nitrogens with zero attached hydrogens (tertiary/aromatic N) is 1. The Balaban J connectivity index is 1.73. The quantitative estimate of drug-likeness (QED) is 0.640. The van der Waals surface area contributed by atoms with Crippen molar-refractivity contribution in [2.75, 3.05) is 0 Å². The molecule has 0 aromatic heterocycles. The summed E-state index contributed by atoms with van der Waals surface area (Å²) in [5, 5.41) is 26.7. The van der Waals surface area contributed by atoms with Gasteiger partial charge in [0.05, 0.1) is 17.7 Å². The van der Waals surface area contributed by atoms with Gasteiger partial charge in [0.1, 0.15) is 0 Å². The van der Waals surface area contributed by atoms with Crippen molar-refractivity contribution in [3.8, 4) is 6.07 Å². The summed E-state index contributed by atoms with van der Waals surface area (Å²) in [7, 11) is 0. The highest BCUT2D eigenvalue weighted by Gasteiger charge is 2.54. The first-order valence-corrected chi connectivity index (χ1v) is 12.2. The normalized spacial score (nSPS) is 32.7. The third-order valence-corrected chi connectivity index (χ3v) is 8.03. The number of amides is 2. The second-order valence-corrected chi connectivity index (χ2v) is 11.6. The van der Waals surface area contributed by atoms with E-state index in [0.717, 1.165) is 25.7 Å². The summed E-state index contributed by atoms with van der Waals surface area (Å²) >= 11 is 0. The van der Waals surface area contributed by atoms with Crippen molar-refractivity contribution in [3.05, 3.63) is 35.4 Å². The Morgan fingerprint density at radius 2 is 1.79 bits per heavy atom. The molecule has 1 aromatic rings. The lowest BCUT2D eigenvalue weighted by Gasteiger charge is -2.56. The SMILES string of the molecule is C[C@@H]1[C@@H]2[C@@H](O)[C@H]([C@H](C)C(=O)NC(C)(C)C)CC[C@]2(C)CC[C@@H]1NC(=O)c1ccc(C#N)cc1. The molecule has 0 unspecified atom stereocenters. The average Bonchev–Trinajstić information content (AvgIpc) is 2.74. The molecule has 180 valence electrons. The Labute approximate surface area is 198 Å². The van der Waals surface area contributed by atoms with Gasteiger partial charge in [0, 0.05) is 23.1 Å². The predicted octanol–water partition coefficient (Wildman–Crippen LogP) is 4.03. The highest BCUT2D eigenvalue weighted by molar-refractivity contribution is 5.94. The minimum atomic E-state index is -0.589. The molecule has 1 aromatic carbocycles. The molecule has 0 bridgehead atoms. The summed E-state index contributed by atoms with van der Waals surface area (Å²) in [6.07, 6.45) is 3.03. The number of nitrogens with one attached hydrogen (secondary N) is 2. The van der Waals surface area contributed by atoms with Gasteiger partial charge < -0.3 is 15.7 Å². The Bertz CT molecular complexity index is 914. The van der Waals surface area contributed by atoms with Gasteiger partial charge in [-0.15, -0.1) is 0 Å². The number of rotatable bonds is 4. The van der Waals surface area contributed by atoms with E-state index in [1.807, 2.05) is 27.7 Å². The number of nitriles is 1. The van der Waals surface area contributed by atoms with Crippen LogP contribution in [0.15, 0.2) is 24.3 Å². The van der Waals surface area contributed by atoms with Crippen molar-refractivity contribution in [2.24, 2.45) is 29.1 Å². The highest BCUT2D eigenvalue weighted by Crippen LogP contribution is 2.55. The number of aliphatic hydroxyl groups excluding tert-OH is 1. The minimum Gasteiger partial charge on any atom is -0.392 e. The van der Waals surface area contributed by atoms with Crippen LogP contribution in [-0.4, -0.2) is 34.6 Å². The van der Waals surface area contributed by atoms with E-state index in [1.165, 1.54) is 0 Å². The van der Waals surface area contributed by atoms with Gasteiger partial charge in [0.25, 0.3) is 5.91 Å². The van der Waals surface area contributed by atoms with Gasteiger partial charge in [-0.25, -0.2) is 0 Å². The molecule has 6 nitrogen and oxygen atoms in total. The molecule has 2 saturated carbocycles. The van der Waals surface area contributed by atoms with Gasteiger partial charge in [-0.2, -0.15) is 5.26 Å². The molecular weight excluding hydrogens is 414 g/mol. The first kappa shape index (κ1) is 25.2. The molecule has 3 N–H and O–H groups in total. The maximum Gasteiger partial charge on any atom is 0.251 e. The maximum absolute atomic E-state index is 12.9. The fraction of sp³-hybridized carbons (Fsp3) is 0.667. The molecule has 0 heterocycles. The number of hydrogen-bond acceptors (Lipinski definition) is 4. The molecule has 6 heteroatoms. The molecule has 7 atom stereocenters. The fourth-order valence-electron chi connectivity index (χ4n) is 6.12. The van der Waals surface area contributed by atoms with Gasteiger partial charge in [0.15, 0.2) is 0 Å². The molecular formula is C27H39N3O3. The molecule has 2 aliphatic rings. The molecule has 33 heavy (non-hydrogen) atoms. The van der Waals surface area contributed by atoms with Crippen LogP contribution in [0.25, 0.3) is 0 Å². The number of carbonyl (C=O) groups is 2. The lowest BCUT2D eigenvalue weighted by molar-refractivity contribution is -0.143. The predicted molar refractivity (Wildman–Crippen MR) is 128 cm³/mol. The van der Waals surface area contributed by atoms with E-state index in [-0.39, 0.29) is 52.5 Å². The standard InChI is InChI=1S/C27H39N3O3/c1-16(24(32)30-26(3,4)5)20-11-13-27(6)14-12-21(17(2)22(27)23(20)31)29-25(33)19-9-7-18(15-28)8-10-19/h7-10,16-17,20-23,31H,11-14H2,1-6H3,(H,29,33)(H,30,32)/t16-,17-,20-,21-,22+,23-,27+/m0/s1. The molecule has 2 aliphatic carbocycles. The minimum absolute atomic E-state index is 0.00519. The van der Waals surface area contributed by atoms with Gasteiger partial charge >= 0.3 is 0 Å². The van der Waals surface area contributed by atoms with Crippen LogP contribution in [0, 0.1) is 40.4 Å². The second-order valence-electron chi connectivity index (χ2n) is 11.6. The van der Waals surface area contributed by atoms with E-state index in [9.17, 15) is 14.7 Å². The van der Waals surface area contributed by atoms with Crippen molar-refractivity contribution in [1.82, 2.24) is 10.6 Å². The number of hydrogen-bond donors (Lipinski definition) is 3. The van der Waals surface area contributed by atoms with E-state index in [0.29, 0.717) is 11.1 Å². The lowest BCUT2D eigenvalue weighted by Crippen LogP contribution is -2.59. The number of aliphatic hydroxyl groups is 1. The van der Waals surface area contributed by atoms with Gasteiger partial charge in [-0.3, -0.25) is 9.59 Å². The van der Waals surface area contributed by atoms with Crippen LogP contribution in [-0.2, 0) is 4.79 Å². The lowest BCUT2D eigenvalue weighted by atomic mass is 9.51. The Morgan fingerprint density at radius 1 is 1.18 bits per heavy atom. The zero-order valence-electron chi connectivity index (χ0n) is 20.8. The topological polar surface area (TPSA) is 102 Å². The van der Waals surface area contributed by atoms with Crippen LogP contribution in [0.4, 0.5) is 0 Å². The summed E-state index contributed by atoms with van der Waals surface area (Å²) < 4.78 is 0. The number of benzene rings is 1. The summed E-state index contributed by atoms with van der Waals surface area (Å²) in [6.45, 7) is 12.2. The fourth-order valence-corrected chi connectivity index (χ4v) is 6.12. The molecule has 0 saturated heterocycles. The van der Waals surface area contributed by atoms with Crippen molar-refractivity contribution in [1.29, 1.82) is 5.26 Å². The molecule has 0 radical (unpaired) electrons. The monoisotopic (exact) mass is 453 g/mol. The summed E-state index contributed by atoms with van der Waals surface area (Å²) in [5.41, 5.74) is 0.752. The maximum atomic E-state index is 12.9. The molecule has 2 amide bonds. The second kappa shape index (κ2) is 9.46. The highest BCUT2D eigenvalue weighted by atomic mass is 16.3. The zero-order valence-corrected chi connectivity index (χ0v) is 20.8. The van der Waals surface area contributed by atoms with E-state index in [1.54, 1.807) is 24.3 Å². The molecule has 2 fully saturated rings. The largest absolute Gasteiger partial charge is 0.392 e. The van der Waals surface area contributed by atoms with Crippen molar-refractivity contribution in [2.45, 2.75) is 84.9 Å². The number of carbonyl (C=O) groups excluding carboxylic acids is 2. The average molecular weight is 454 g/mol. The van der Waals surface area contributed by atoms with Crippen LogP contribution in [0.1, 0.15) is 83.1 Å². The van der Waals surface area contributed by atoms with Crippen LogP contribution in [0.3, 0.4) is 0 Å². The number of fused-ring (bicyclic) bond motifs is 1. The van der Waals surface area contributed by atoms with E-state index in [2.05, 4.69) is 30.6 Å². The van der Waals surface area contributed by atoms with Crippen molar-refractivity contribution < 1.29 is 14.7 Å². The van der Waals surface area contributed by atoms with Gasteiger partial charge in [-0.1, -0.05) is 20.8 Å². The van der Waals surface area contributed by atoms with Crippen LogP contribution >= 0.6 is 0 Å². The Morgan fingerprint density at radius 3 is 2.36 bits per heavy atom. The first-order chi connectivity index (χ1) is 15.4. The zero-order chi connectivity index (χ0) is 24.6. The molecule has 0 aliphatic heterocycles. The van der Waals surface area contributed by atoms with Crippen LogP contribution in [0.2, 0.25) is 0 Å². The van der Waals surface area contributed by atoms with Crippen molar-refractivity contribution >= 4 is 11.8 Å². The first-order valence-electron chi connectivity index (χ1n) is 12.2. The summed E-state index contributed by atoms with van der Waals surface area (Å²) in [5.74, 6) is -0.433. The summed E-state index contributed by atoms with van der Waals surface area (Å²) in [4.78, 5) is 25.7. The van der Waals surface area contributed by atoms with E-state index < -0.39 is 6.10 Å². The van der Waals surface area contributed by atoms with Gasteiger partial charge in [0.2, 0.25) is 5.91 Å². The van der Waals surface area contributed by atoms with E-state index in [4.69, 9.17) is 5.26 Å². The smallest absolute Gasteiger partial charge is 0.251 e. The summed E-state index contributed by atoms with van der Waals surface area (Å²) in [6, 6.07) is 8.67. The third kappa shape index (κ3) is 5.41. The van der Waals surface area contributed by atoms with E-state index >= 15 is 0 Å². The third-order valence-electron chi connectivity index (χ3n) is 8.03. The molecule has 3 rings (SSSR count). The van der Waals surface area contributed by atoms with Crippen molar-refractivity contribution in [3.63, 3.8) is 0 Å². The molecule has 0 spiro atoms. The Hall–Kier alpha value is -2.39. The van der Waals surface area contributed by atoms with Crippen LogP contribution in [0.5, 0.6) is 0 Å².